The molecular formula is C24H25N3O4. The quantitative estimate of drug-likeness (QED) is 0.697. The first-order valence-corrected chi connectivity index (χ1v) is 10.8. The molecule has 0 aliphatic carbocycles. The van der Waals surface area contributed by atoms with E-state index in [4.69, 9.17) is 9.15 Å². The number of rotatable bonds is 4. The van der Waals surface area contributed by atoms with Gasteiger partial charge in [-0.25, -0.2) is 4.98 Å². The predicted octanol–water partition coefficient (Wildman–Crippen LogP) is 3.71. The molecule has 1 N–H and O–H groups in total. The van der Waals surface area contributed by atoms with Crippen LogP contribution in [0, 0.1) is 11.8 Å². The molecule has 0 bridgehead atoms. The number of likely N-dealkylation sites (tertiary alicyclic amines) is 1. The van der Waals surface area contributed by atoms with Crippen molar-refractivity contribution in [1.82, 2.24) is 9.88 Å². The van der Waals surface area contributed by atoms with Crippen molar-refractivity contribution in [2.24, 2.45) is 11.8 Å². The van der Waals surface area contributed by atoms with Gasteiger partial charge in [-0.05, 0) is 55.7 Å². The van der Waals surface area contributed by atoms with E-state index in [9.17, 15) is 9.59 Å². The number of aromatic nitrogens is 1. The van der Waals surface area contributed by atoms with Crippen LogP contribution in [-0.4, -0.2) is 48.0 Å². The number of hydrogen-bond acceptors (Lipinski definition) is 5. The molecule has 7 nitrogen and oxygen atoms in total. The lowest BCUT2D eigenvalue weighted by Gasteiger charge is -2.32. The summed E-state index contributed by atoms with van der Waals surface area (Å²) in [5.74, 6) is 0.645. The number of benzene rings is 2. The van der Waals surface area contributed by atoms with E-state index in [1.54, 1.807) is 0 Å². The molecule has 1 aromatic heterocycles. The molecule has 0 radical (unpaired) electrons. The van der Waals surface area contributed by atoms with E-state index in [0.29, 0.717) is 45.0 Å². The minimum atomic E-state index is -0.0828. The molecule has 2 fully saturated rings. The Balaban J connectivity index is 1.17. The molecule has 0 spiro atoms. The van der Waals surface area contributed by atoms with Crippen molar-refractivity contribution in [3.05, 3.63) is 48.5 Å². The monoisotopic (exact) mass is 419 g/mol. The van der Waals surface area contributed by atoms with Gasteiger partial charge in [-0.3, -0.25) is 9.59 Å². The van der Waals surface area contributed by atoms with E-state index in [1.807, 2.05) is 53.4 Å². The zero-order chi connectivity index (χ0) is 21.2. The van der Waals surface area contributed by atoms with Crippen molar-refractivity contribution >= 4 is 28.6 Å². The Morgan fingerprint density at radius 2 is 1.74 bits per heavy atom. The number of anilines is 1. The van der Waals surface area contributed by atoms with Gasteiger partial charge in [-0.2, -0.15) is 0 Å². The fourth-order valence-electron chi connectivity index (χ4n) is 4.29. The van der Waals surface area contributed by atoms with Crippen LogP contribution in [0.2, 0.25) is 0 Å². The summed E-state index contributed by atoms with van der Waals surface area (Å²) in [7, 11) is 0. The van der Waals surface area contributed by atoms with Crippen molar-refractivity contribution in [3.63, 3.8) is 0 Å². The van der Waals surface area contributed by atoms with Gasteiger partial charge in [-0.15, -0.1) is 0 Å². The highest BCUT2D eigenvalue weighted by atomic mass is 16.5. The molecule has 31 heavy (non-hydrogen) atoms. The van der Waals surface area contributed by atoms with Crippen LogP contribution in [0.15, 0.2) is 52.9 Å². The fourth-order valence-corrected chi connectivity index (χ4v) is 4.29. The highest BCUT2D eigenvalue weighted by Gasteiger charge is 2.32. The van der Waals surface area contributed by atoms with Gasteiger partial charge in [0, 0.05) is 36.9 Å². The average Bonchev–Trinajstić information content (AvgIpc) is 3.49. The molecule has 160 valence electrons. The maximum absolute atomic E-state index is 12.7. The summed E-state index contributed by atoms with van der Waals surface area (Å²) in [5, 5.41) is 3.00. The van der Waals surface area contributed by atoms with Gasteiger partial charge in [0.05, 0.1) is 12.5 Å². The van der Waals surface area contributed by atoms with Crippen molar-refractivity contribution in [3.8, 4) is 11.5 Å². The first-order chi connectivity index (χ1) is 15.2. The Morgan fingerprint density at radius 3 is 2.45 bits per heavy atom. The topological polar surface area (TPSA) is 84.7 Å². The van der Waals surface area contributed by atoms with Crippen LogP contribution in [-0.2, 0) is 14.3 Å². The minimum absolute atomic E-state index is 0.00547. The summed E-state index contributed by atoms with van der Waals surface area (Å²) in [6, 6.07) is 15.2. The van der Waals surface area contributed by atoms with Crippen molar-refractivity contribution in [2.45, 2.75) is 19.3 Å². The Bertz CT molecular complexity index is 1040. The number of oxazole rings is 1. The van der Waals surface area contributed by atoms with Crippen LogP contribution in [0.1, 0.15) is 19.3 Å². The number of para-hydroxylation sites is 2. The Kier molecular flexibility index (Phi) is 5.42. The van der Waals surface area contributed by atoms with Gasteiger partial charge >= 0.3 is 0 Å². The number of carbonyl (C=O) groups is 2. The summed E-state index contributed by atoms with van der Waals surface area (Å²) in [4.78, 5) is 31.6. The molecule has 2 aliphatic rings. The third-order valence-electron chi connectivity index (χ3n) is 6.15. The van der Waals surface area contributed by atoms with Crippen LogP contribution >= 0.6 is 0 Å². The Hall–Kier alpha value is -3.19. The van der Waals surface area contributed by atoms with Crippen molar-refractivity contribution < 1.29 is 18.7 Å². The second-order valence-corrected chi connectivity index (χ2v) is 8.21. The molecule has 3 heterocycles. The van der Waals surface area contributed by atoms with E-state index in [2.05, 4.69) is 10.3 Å². The second kappa shape index (κ2) is 8.51. The van der Waals surface area contributed by atoms with E-state index < -0.39 is 0 Å². The van der Waals surface area contributed by atoms with Gasteiger partial charge in [0.15, 0.2) is 5.58 Å². The van der Waals surface area contributed by atoms with E-state index in [-0.39, 0.29) is 23.7 Å². The maximum Gasteiger partial charge on any atom is 0.228 e. The van der Waals surface area contributed by atoms with Gasteiger partial charge < -0.3 is 19.4 Å². The molecule has 2 aromatic carbocycles. The molecule has 2 aliphatic heterocycles. The molecular weight excluding hydrogens is 394 g/mol. The SMILES string of the molecule is O=C(Nc1ccc(-c2nc3ccccc3o2)cc1)C1CCN(C(=O)[C@H]2CCOC2)CC1. The molecule has 3 aromatic rings. The van der Waals surface area contributed by atoms with E-state index >= 15 is 0 Å². The van der Waals surface area contributed by atoms with Crippen LogP contribution in [0.25, 0.3) is 22.6 Å². The number of nitrogens with one attached hydrogen (secondary N) is 1. The lowest BCUT2D eigenvalue weighted by molar-refractivity contribution is -0.138. The molecule has 1 atom stereocenters. The second-order valence-electron chi connectivity index (χ2n) is 8.21. The van der Waals surface area contributed by atoms with Crippen LogP contribution < -0.4 is 5.32 Å². The summed E-state index contributed by atoms with van der Waals surface area (Å²) in [6.07, 6.45) is 2.18. The lowest BCUT2D eigenvalue weighted by atomic mass is 9.94. The summed E-state index contributed by atoms with van der Waals surface area (Å²) in [6.45, 7) is 2.45. The molecule has 5 rings (SSSR count). The highest BCUT2D eigenvalue weighted by molar-refractivity contribution is 5.93. The van der Waals surface area contributed by atoms with Crippen molar-refractivity contribution in [1.29, 1.82) is 0 Å². The standard InChI is InChI=1S/C24H25N3O4/c28-22(16-9-12-27(13-10-16)24(29)18-11-14-30-15-18)25-19-7-5-17(6-8-19)23-26-20-3-1-2-4-21(20)31-23/h1-8,16,18H,9-15H2,(H,25,28)/t18-/m0/s1. The molecule has 7 heteroatoms. The molecule has 0 saturated carbocycles. The van der Waals surface area contributed by atoms with E-state index in [0.717, 1.165) is 28.8 Å². The summed E-state index contributed by atoms with van der Waals surface area (Å²) >= 11 is 0. The number of carbonyl (C=O) groups excluding carboxylic acids is 2. The summed E-state index contributed by atoms with van der Waals surface area (Å²) < 4.78 is 11.1. The number of fused-ring (bicyclic) bond motifs is 1. The van der Waals surface area contributed by atoms with E-state index in [1.165, 1.54) is 0 Å². The predicted molar refractivity (Wildman–Crippen MR) is 116 cm³/mol. The van der Waals surface area contributed by atoms with Crippen LogP contribution in [0.4, 0.5) is 5.69 Å². The minimum Gasteiger partial charge on any atom is -0.436 e. The van der Waals surface area contributed by atoms with Crippen LogP contribution in [0.5, 0.6) is 0 Å². The van der Waals surface area contributed by atoms with Gasteiger partial charge in [0.2, 0.25) is 17.7 Å². The lowest BCUT2D eigenvalue weighted by Crippen LogP contribution is -2.44. The Morgan fingerprint density at radius 1 is 0.968 bits per heavy atom. The van der Waals surface area contributed by atoms with Gasteiger partial charge in [-0.1, -0.05) is 12.1 Å². The highest BCUT2D eigenvalue weighted by Crippen LogP contribution is 2.26. The molecule has 0 unspecified atom stereocenters. The number of ether oxygens (including phenoxy) is 1. The number of amides is 2. The summed E-state index contributed by atoms with van der Waals surface area (Å²) in [5.41, 5.74) is 3.17. The fraction of sp³-hybridized carbons (Fsp3) is 0.375. The third kappa shape index (κ3) is 4.18. The average molecular weight is 419 g/mol. The molecule has 2 saturated heterocycles. The number of piperidine rings is 1. The Labute approximate surface area is 180 Å². The van der Waals surface area contributed by atoms with Crippen molar-refractivity contribution in [2.75, 3.05) is 31.6 Å². The van der Waals surface area contributed by atoms with Crippen LogP contribution in [0.3, 0.4) is 0 Å². The first-order valence-electron chi connectivity index (χ1n) is 10.8. The zero-order valence-corrected chi connectivity index (χ0v) is 17.3. The smallest absolute Gasteiger partial charge is 0.228 e. The number of hydrogen-bond donors (Lipinski definition) is 1. The molecule has 2 amide bonds. The third-order valence-corrected chi connectivity index (χ3v) is 6.15. The zero-order valence-electron chi connectivity index (χ0n) is 17.3. The normalized spacial score (nSPS) is 19.6. The largest absolute Gasteiger partial charge is 0.436 e. The maximum atomic E-state index is 12.7. The number of nitrogens with zero attached hydrogens (tertiary/aromatic N) is 2. The van der Waals surface area contributed by atoms with Gasteiger partial charge in [0.25, 0.3) is 0 Å². The first kappa shape index (κ1) is 19.8. The van der Waals surface area contributed by atoms with Gasteiger partial charge in [0.1, 0.15) is 5.52 Å².